The van der Waals surface area contributed by atoms with Gasteiger partial charge in [0, 0.05) is 51.0 Å². The number of rotatable bonds is 3. The third kappa shape index (κ3) is 2.33. The van der Waals surface area contributed by atoms with Crippen LogP contribution < -0.4 is 5.32 Å². The van der Waals surface area contributed by atoms with E-state index >= 15 is 0 Å². The van der Waals surface area contributed by atoms with Crippen molar-refractivity contribution >= 4 is 5.52 Å². The standard InChI is InChI=1S/C13H18N4/c1-2-12-4-6-15-17(12)13(3-1)5-9-16-10-7-14-8-11-16/h1-4,6,14H,5,7-11H2. The lowest BCUT2D eigenvalue weighted by atomic mass is 10.2. The number of aromatic nitrogens is 2. The van der Waals surface area contributed by atoms with Crippen molar-refractivity contribution in [3.63, 3.8) is 0 Å². The summed E-state index contributed by atoms with van der Waals surface area (Å²) in [6.45, 7) is 5.68. The third-order valence-corrected chi connectivity index (χ3v) is 3.39. The molecule has 1 aliphatic heterocycles. The molecule has 3 rings (SSSR count). The minimum Gasteiger partial charge on any atom is -0.314 e. The smallest absolute Gasteiger partial charge is 0.0664 e. The van der Waals surface area contributed by atoms with Crippen LogP contribution in [0, 0.1) is 0 Å². The molecular weight excluding hydrogens is 212 g/mol. The van der Waals surface area contributed by atoms with Crippen molar-refractivity contribution in [2.45, 2.75) is 6.42 Å². The van der Waals surface area contributed by atoms with E-state index in [0.29, 0.717) is 0 Å². The highest BCUT2D eigenvalue weighted by Crippen LogP contribution is 2.07. The normalized spacial score (nSPS) is 17.6. The van der Waals surface area contributed by atoms with Gasteiger partial charge in [0.25, 0.3) is 0 Å². The fourth-order valence-corrected chi connectivity index (χ4v) is 2.40. The fourth-order valence-electron chi connectivity index (χ4n) is 2.40. The zero-order valence-corrected chi connectivity index (χ0v) is 9.97. The molecule has 90 valence electrons. The second kappa shape index (κ2) is 4.85. The van der Waals surface area contributed by atoms with Gasteiger partial charge in [-0.1, -0.05) is 6.07 Å². The monoisotopic (exact) mass is 230 g/mol. The maximum Gasteiger partial charge on any atom is 0.0664 e. The van der Waals surface area contributed by atoms with E-state index in [1.807, 2.05) is 16.8 Å². The van der Waals surface area contributed by atoms with Crippen LogP contribution in [-0.4, -0.2) is 47.2 Å². The maximum atomic E-state index is 4.37. The Morgan fingerprint density at radius 1 is 1.18 bits per heavy atom. The Morgan fingerprint density at radius 3 is 2.94 bits per heavy atom. The quantitative estimate of drug-likeness (QED) is 0.846. The van der Waals surface area contributed by atoms with E-state index in [1.54, 1.807) is 0 Å². The van der Waals surface area contributed by atoms with Gasteiger partial charge in [0.15, 0.2) is 0 Å². The molecule has 3 heterocycles. The van der Waals surface area contributed by atoms with Crippen molar-refractivity contribution in [3.05, 3.63) is 36.2 Å². The van der Waals surface area contributed by atoms with Crippen molar-refractivity contribution in [1.29, 1.82) is 0 Å². The number of fused-ring (bicyclic) bond motifs is 1. The van der Waals surface area contributed by atoms with Crippen molar-refractivity contribution in [3.8, 4) is 0 Å². The van der Waals surface area contributed by atoms with E-state index < -0.39 is 0 Å². The number of hydrogen-bond acceptors (Lipinski definition) is 3. The molecule has 4 heteroatoms. The van der Waals surface area contributed by atoms with Gasteiger partial charge in [0.2, 0.25) is 0 Å². The van der Waals surface area contributed by atoms with E-state index in [4.69, 9.17) is 0 Å². The lowest BCUT2D eigenvalue weighted by Gasteiger charge is -2.27. The third-order valence-electron chi connectivity index (χ3n) is 3.39. The molecule has 2 aromatic rings. The summed E-state index contributed by atoms with van der Waals surface area (Å²) in [6.07, 6.45) is 2.93. The van der Waals surface area contributed by atoms with Crippen LogP contribution in [0.15, 0.2) is 30.5 Å². The molecule has 0 amide bonds. The Hall–Kier alpha value is -1.39. The van der Waals surface area contributed by atoms with Gasteiger partial charge in [0.1, 0.15) is 0 Å². The molecule has 0 aliphatic carbocycles. The second-order valence-electron chi connectivity index (χ2n) is 4.53. The lowest BCUT2D eigenvalue weighted by molar-refractivity contribution is 0.243. The molecular formula is C13H18N4. The molecule has 0 bridgehead atoms. The van der Waals surface area contributed by atoms with Gasteiger partial charge >= 0.3 is 0 Å². The Labute approximate surface area is 101 Å². The van der Waals surface area contributed by atoms with Crippen LogP contribution >= 0.6 is 0 Å². The minimum atomic E-state index is 1.07. The van der Waals surface area contributed by atoms with E-state index in [0.717, 1.165) is 39.1 Å². The highest BCUT2D eigenvalue weighted by atomic mass is 15.2. The summed E-state index contributed by atoms with van der Waals surface area (Å²) < 4.78 is 2.04. The van der Waals surface area contributed by atoms with Crippen LogP contribution in [0.3, 0.4) is 0 Å². The first-order valence-electron chi connectivity index (χ1n) is 6.28. The van der Waals surface area contributed by atoms with E-state index in [1.165, 1.54) is 11.2 Å². The summed E-state index contributed by atoms with van der Waals surface area (Å²) in [5.74, 6) is 0. The Kier molecular flexibility index (Phi) is 3.07. The molecule has 0 atom stereocenters. The Bertz CT molecular complexity index is 485. The van der Waals surface area contributed by atoms with Crippen LogP contribution in [-0.2, 0) is 6.42 Å². The first kappa shape index (κ1) is 10.7. The van der Waals surface area contributed by atoms with Crippen LogP contribution in [0.5, 0.6) is 0 Å². The van der Waals surface area contributed by atoms with Gasteiger partial charge in [-0.15, -0.1) is 0 Å². The molecule has 1 aliphatic rings. The van der Waals surface area contributed by atoms with Gasteiger partial charge in [-0.25, -0.2) is 4.52 Å². The minimum absolute atomic E-state index is 1.07. The number of hydrogen-bond donors (Lipinski definition) is 1. The number of piperazine rings is 1. The van der Waals surface area contributed by atoms with Crippen molar-refractivity contribution in [1.82, 2.24) is 19.8 Å². The van der Waals surface area contributed by atoms with Gasteiger partial charge in [-0.2, -0.15) is 5.10 Å². The van der Waals surface area contributed by atoms with Crippen molar-refractivity contribution < 1.29 is 0 Å². The molecule has 4 nitrogen and oxygen atoms in total. The number of pyridine rings is 1. The SMILES string of the molecule is c1cc(CCN2CCNCC2)n2nccc2c1. The molecule has 1 saturated heterocycles. The zero-order valence-electron chi connectivity index (χ0n) is 9.97. The first-order chi connectivity index (χ1) is 8.43. The molecule has 17 heavy (non-hydrogen) atoms. The molecule has 0 radical (unpaired) electrons. The Morgan fingerprint density at radius 2 is 2.06 bits per heavy atom. The molecule has 0 saturated carbocycles. The summed E-state index contributed by atoms with van der Waals surface area (Å²) in [5, 5.41) is 7.75. The predicted molar refractivity (Wildman–Crippen MR) is 68.2 cm³/mol. The lowest BCUT2D eigenvalue weighted by Crippen LogP contribution is -2.44. The topological polar surface area (TPSA) is 32.6 Å². The number of nitrogens with one attached hydrogen (secondary N) is 1. The van der Waals surface area contributed by atoms with Gasteiger partial charge in [-0.05, 0) is 18.2 Å². The van der Waals surface area contributed by atoms with E-state index in [9.17, 15) is 0 Å². The van der Waals surface area contributed by atoms with Crippen molar-refractivity contribution in [2.75, 3.05) is 32.7 Å². The largest absolute Gasteiger partial charge is 0.314 e. The van der Waals surface area contributed by atoms with Gasteiger partial charge in [-0.3, -0.25) is 0 Å². The summed E-state index contributed by atoms with van der Waals surface area (Å²) in [5.41, 5.74) is 2.48. The van der Waals surface area contributed by atoms with Crippen LogP contribution in [0.25, 0.3) is 5.52 Å². The Balaban J connectivity index is 1.69. The summed E-state index contributed by atoms with van der Waals surface area (Å²) in [7, 11) is 0. The van der Waals surface area contributed by atoms with Crippen molar-refractivity contribution in [2.24, 2.45) is 0 Å². The average molecular weight is 230 g/mol. The maximum absolute atomic E-state index is 4.37. The van der Waals surface area contributed by atoms with Crippen LogP contribution in [0.4, 0.5) is 0 Å². The predicted octanol–water partition coefficient (Wildman–Crippen LogP) is 0.782. The molecule has 0 spiro atoms. The summed E-state index contributed by atoms with van der Waals surface area (Å²) in [4.78, 5) is 2.51. The highest BCUT2D eigenvalue weighted by Gasteiger charge is 2.10. The van der Waals surface area contributed by atoms with E-state index in [2.05, 4.69) is 33.5 Å². The molecule has 1 N–H and O–H groups in total. The van der Waals surface area contributed by atoms with Crippen LogP contribution in [0.1, 0.15) is 5.69 Å². The number of nitrogens with zero attached hydrogens (tertiary/aromatic N) is 3. The molecule has 0 unspecified atom stereocenters. The first-order valence-corrected chi connectivity index (χ1v) is 6.28. The zero-order chi connectivity index (χ0) is 11.5. The average Bonchev–Trinajstić information content (AvgIpc) is 2.86. The van der Waals surface area contributed by atoms with E-state index in [-0.39, 0.29) is 0 Å². The highest BCUT2D eigenvalue weighted by molar-refractivity contribution is 5.46. The van der Waals surface area contributed by atoms with Crippen LogP contribution in [0.2, 0.25) is 0 Å². The summed E-state index contributed by atoms with van der Waals surface area (Å²) >= 11 is 0. The molecule has 0 aromatic carbocycles. The molecule has 2 aromatic heterocycles. The van der Waals surface area contributed by atoms with Gasteiger partial charge < -0.3 is 10.2 Å². The molecule has 1 fully saturated rings. The fraction of sp³-hybridized carbons (Fsp3) is 0.462. The van der Waals surface area contributed by atoms with Gasteiger partial charge in [0.05, 0.1) is 5.52 Å². The second-order valence-corrected chi connectivity index (χ2v) is 4.53. The summed E-state index contributed by atoms with van der Waals surface area (Å²) in [6, 6.07) is 8.43.